The Morgan fingerprint density at radius 3 is 2.87 bits per heavy atom. The van der Waals surface area contributed by atoms with E-state index in [1.54, 1.807) is 11.3 Å². The summed E-state index contributed by atoms with van der Waals surface area (Å²) in [5, 5.41) is 5.85. The van der Waals surface area contributed by atoms with Crippen LogP contribution in [0, 0.1) is 0 Å². The molecule has 1 heterocycles. The van der Waals surface area contributed by atoms with E-state index in [-0.39, 0.29) is 11.9 Å². The van der Waals surface area contributed by atoms with Crippen LogP contribution in [-0.4, -0.2) is 23.5 Å². The van der Waals surface area contributed by atoms with Gasteiger partial charge in [0, 0.05) is 11.4 Å². The Balaban J connectivity index is 2.05. The van der Waals surface area contributed by atoms with Gasteiger partial charge in [-0.3, -0.25) is 4.79 Å². The first-order chi connectivity index (χ1) is 11.1. The predicted octanol–water partition coefficient (Wildman–Crippen LogP) is 4.06. The van der Waals surface area contributed by atoms with Gasteiger partial charge in [-0.25, -0.2) is 4.98 Å². The van der Waals surface area contributed by atoms with Crippen molar-refractivity contribution in [2.75, 3.05) is 6.61 Å². The maximum absolute atomic E-state index is 12.0. The Hall–Kier alpha value is -1.88. The SMILES string of the molecule is CCCC(C)NC(=O)Cc1csc(-c2ccccc2OCC)n1. The van der Waals surface area contributed by atoms with Gasteiger partial charge < -0.3 is 10.1 Å². The van der Waals surface area contributed by atoms with Crippen molar-refractivity contribution in [1.82, 2.24) is 10.3 Å². The van der Waals surface area contributed by atoms with Gasteiger partial charge in [0.1, 0.15) is 10.8 Å². The Morgan fingerprint density at radius 1 is 1.35 bits per heavy atom. The van der Waals surface area contributed by atoms with Crippen LogP contribution >= 0.6 is 11.3 Å². The molecule has 1 atom stereocenters. The highest BCUT2D eigenvalue weighted by Gasteiger charge is 2.13. The molecule has 0 fully saturated rings. The van der Waals surface area contributed by atoms with Crippen molar-refractivity contribution in [3.05, 3.63) is 35.3 Å². The van der Waals surface area contributed by atoms with E-state index in [1.807, 2.05) is 43.5 Å². The van der Waals surface area contributed by atoms with Crippen LogP contribution in [-0.2, 0) is 11.2 Å². The molecule has 1 aromatic heterocycles. The van der Waals surface area contributed by atoms with E-state index in [0.717, 1.165) is 34.9 Å². The number of amides is 1. The lowest BCUT2D eigenvalue weighted by atomic mass is 10.2. The average molecular weight is 332 g/mol. The summed E-state index contributed by atoms with van der Waals surface area (Å²) < 4.78 is 5.65. The molecule has 0 radical (unpaired) electrons. The second-order valence-corrected chi connectivity index (χ2v) is 6.37. The van der Waals surface area contributed by atoms with E-state index in [9.17, 15) is 4.79 Å². The number of hydrogen-bond acceptors (Lipinski definition) is 4. The number of carbonyl (C=O) groups excluding carboxylic acids is 1. The summed E-state index contributed by atoms with van der Waals surface area (Å²) in [6, 6.07) is 8.07. The molecule has 2 rings (SSSR count). The van der Waals surface area contributed by atoms with Crippen LogP contribution in [0.1, 0.15) is 39.3 Å². The van der Waals surface area contributed by atoms with Gasteiger partial charge in [-0.15, -0.1) is 11.3 Å². The van der Waals surface area contributed by atoms with E-state index < -0.39 is 0 Å². The second kappa shape index (κ2) is 8.67. The van der Waals surface area contributed by atoms with E-state index in [0.29, 0.717) is 13.0 Å². The number of nitrogens with zero attached hydrogens (tertiary/aromatic N) is 1. The average Bonchev–Trinajstić information content (AvgIpc) is 2.96. The third kappa shape index (κ3) is 5.06. The van der Waals surface area contributed by atoms with Crippen LogP contribution in [0.15, 0.2) is 29.6 Å². The molecular weight excluding hydrogens is 308 g/mol. The summed E-state index contributed by atoms with van der Waals surface area (Å²) in [7, 11) is 0. The van der Waals surface area contributed by atoms with Crippen molar-refractivity contribution >= 4 is 17.2 Å². The molecule has 0 aliphatic carbocycles. The molecule has 0 saturated carbocycles. The third-order valence-electron chi connectivity index (χ3n) is 3.44. The first kappa shape index (κ1) is 17.5. The summed E-state index contributed by atoms with van der Waals surface area (Å²) in [5.74, 6) is 0.859. The predicted molar refractivity (Wildman–Crippen MR) is 94.9 cm³/mol. The largest absolute Gasteiger partial charge is 0.493 e. The highest BCUT2D eigenvalue weighted by Crippen LogP contribution is 2.32. The normalized spacial score (nSPS) is 12.0. The van der Waals surface area contributed by atoms with Crippen molar-refractivity contribution in [2.24, 2.45) is 0 Å². The molecule has 0 aliphatic heterocycles. The van der Waals surface area contributed by atoms with Crippen LogP contribution in [0.3, 0.4) is 0 Å². The summed E-state index contributed by atoms with van der Waals surface area (Å²) >= 11 is 1.54. The molecule has 5 heteroatoms. The number of hydrogen-bond donors (Lipinski definition) is 1. The first-order valence-corrected chi connectivity index (χ1v) is 8.98. The van der Waals surface area contributed by atoms with Gasteiger partial charge in [0.05, 0.1) is 24.3 Å². The second-order valence-electron chi connectivity index (χ2n) is 5.51. The standard InChI is InChI=1S/C18H24N2O2S/c1-4-8-13(3)19-17(21)11-14-12-23-18(20-14)15-9-6-7-10-16(15)22-5-2/h6-7,9-10,12-13H,4-5,8,11H2,1-3H3,(H,19,21). The van der Waals surface area contributed by atoms with Gasteiger partial charge in [0.15, 0.2) is 0 Å². The molecule has 1 unspecified atom stereocenters. The van der Waals surface area contributed by atoms with Crippen LogP contribution in [0.2, 0.25) is 0 Å². The molecule has 0 saturated heterocycles. The number of thiazole rings is 1. The number of aromatic nitrogens is 1. The third-order valence-corrected chi connectivity index (χ3v) is 4.36. The van der Waals surface area contributed by atoms with Gasteiger partial charge in [-0.2, -0.15) is 0 Å². The smallest absolute Gasteiger partial charge is 0.226 e. The summed E-state index contributed by atoms with van der Waals surface area (Å²) in [5.41, 5.74) is 1.78. The van der Waals surface area contributed by atoms with Crippen molar-refractivity contribution < 1.29 is 9.53 Å². The van der Waals surface area contributed by atoms with E-state index in [4.69, 9.17) is 4.74 Å². The van der Waals surface area contributed by atoms with Crippen molar-refractivity contribution in [1.29, 1.82) is 0 Å². The summed E-state index contributed by atoms with van der Waals surface area (Å²) in [6.45, 7) is 6.73. The molecular formula is C18H24N2O2S. The minimum absolute atomic E-state index is 0.0286. The maximum Gasteiger partial charge on any atom is 0.226 e. The number of carbonyl (C=O) groups is 1. The fraction of sp³-hybridized carbons (Fsp3) is 0.444. The van der Waals surface area contributed by atoms with Gasteiger partial charge in [0.2, 0.25) is 5.91 Å². The highest BCUT2D eigenvalue weighted by molar-refractivity contribution is 7.13. The van der Waals surface area contributed by atoms with Crippen molar-refractivity contribution in [3.8, 4) is 16.3 Å². The highest BCUT2D eigenvalue weighted by atomic mass is 32.1. The number of benzene rings is 1. The van der Waals surface area contributed by atoms with E-state index in [2.05, 4.69) is 17.2 Å². The molecule has 0 spiro atoms. The fourth-order valence-corrected chi connectivity index (χ4v) is 3.28. The van der Waals surface area contributed by atoms with Gasteiger partial charge in [-0.1, -0.05) is 25.5 Å². The molecule has 1 aromatic carbocycles. The van der Waals surface area contributed by atoms with Crippen LogP contribution in [0.4, 0.5) is 0 Å². The molecule has 1 N–H and O–H groups in total. The zero-order chi connectivity index (χ0) is 16.7. The Labute approximate surface area is 141 Å². The van der Waals surface area contributed by atoms with Gasteiger partial charge in [-0.05, 0) is 32.4 Å². The van der Waals surface area contributed by atoms with Crippen LogP contribution < -0.4 is 10.1 Å². The molecule has 23 heavy (non-hydrogen) atoms. The van der Waals surface area contributed by atoms with Crippen molar-refractivity contribution in [2.45, 2.75) is 46.1 Å². The van der Waals surface area contributed by atoms with Gasteiger partial charge >= 0.3 is 0 Å². The Kier molecular flexibility index (Phi) is 6.59. The zero-order valence-electron chi connectivity index (χ0n) is 14.0. The summed E-state index contributed by atoms with van der Waals surface area (Å²) in [6.07, 6.45) is 2.38. The lowest BCUT2D eigenvalue weighted by Crippen LogP contribution is -2.33. The zero-order valence-corrected chi connectivity index (χ0v) is 14.8. The number of ether oxygens (including phenoxy) is 1. The minimum Gasteiger partial charge on any atom is -0.493 e. The molecule has 1 amide bonds. The lowest BCUT2D eigenvalue weighted by Gasteiger charge is -2.11. The molecule has 4 nitrogen and oxygen atoms in total. The lowest BCUT2D eigenvalue weighted by molar-refractivity contribution is -0.121. The molecule has 124 valence electrons. The topological polar surface area (TPSA) is 51.2 Å². The first-order valence-electron chi connectivity index (χ1n) is 8.10. The molecule has 0 aliphatic rings. The van der Waals surface area contributed by atoms with E-state index >= 15 is 0 Å². The Bertz CT molecular complexity index is 639. The van der Waals surface area contributed by atoms with Crippen LogP contribution in [0.25, 0.3) is 10.6 Å². The maximum atomic E-state index is 12.0. The monoisotopic (exact) mass is 332 g/mol. The van der Waals surface area contributed by atoms with Crippen LogP contribution in [0.5, 0.6) is 5.75 Å². The van der Waals surface area contributed by atoms with Crippen molar-refractivity contribution in [3.63, 3.8) is 0 Å². The van der Waals surface area contributed by atoms with Gasteiger partial charge in [0.25, 0.3) is 0 Å². The number of nitrogens with one attached hydrogen (secondary N) is 1. The quantitative estimate of drug-likeness (QED) is 0.793. The fourth-order valence-electron chi connectivity index (χ4n) is 2.43. The van der Waals surface area contributed by atoms with E-state index in [1.165, 1.54) is 0 Å². The molecule has 2 aromatic rings. The molecule has 0 bridgehead atoms. The summed E-state index contributed by atoms with van der Waals surface area (Å²) in [4.78, 5) is 16.6. The Morgan fingerprint density at radius 2 is 2.13 bits per heavy atom. The number of para-hydroxylation sites is 1. The minimum atomic E-state index is 0.0286. The number of rotatable bonds is 8.